The van der Waals surface area contributed by atoms with Crippen LogP contribution in [0.25, 0.3) is 11.0 Å². The lowest BCUT2D eigenvalue weighted by molar-refractivity contribution is -0.129. The molecule has 2 aromatic carbocycles. The number of amides is 1. The van der Waals surface area contributed by atoms with Gasteiger partial charge in [-0.3, -0.25) is 4.79 Å². The van der Waals surface area contributed by atoms with Gasteiger partial charge in [-0.2, -0.15) is 0 Å². The predicted molar refractivity (Wildman–Crippen MR) is 105 cm³/mol. The molecule has 0 spiro atoms. The minimum absolute atomic E-state index is 0.0854. The Morgan fingerprint density at radius 1 is 1.07 bits per heavy atom. The number of carbonyl (C=O) groups excluding carboxylic acids is 2. The number of allylic oxidation sites excluding steroid dienone is 1. The van der Waals surface area contributed by atoms with Crippen molar-refractivity contribution >= 4 is 22.8 Å². The fourth-order valence-corrected chi connectivity index (χ4v) is 2.57. The molecule has 0 saturated carbocycles. The van der Waals surface area contributed by atoms with E-state index in [1.165, 1.54) is 18.2 Å². The molecule has 0 aliphatic carbocycles. The first kappa shape index (κ1) is 19.1. The number of benzene rings is 2. The van der Waals surface area contributed by atoms with Crippen LogP contribution in [-0.2, 0) is 11.3 Å². The second kappa shape index (κ2) is 8.35. The summed E-state index contributed by atoms with van der Waals surface area (Å²) < 4.78 is 10.4. The molecule has 1 aromatic heterocycles. The van der Waals surface area contributed by atoms with Crippen molar-refractivity contribution in [2.45, 2.75) is 20.4 Å². The van der Waals surface area contributed by atoms with E-state index < -0.39 is 17.5 Å². The summed E-state index contributed by atoms with van der Waals surface area (Å²) in [6.07, 6.45) is 1.36. The maximum Gasteiger partial charge on any atom is 0.349 e. The number of esters is 1. The molecule has 142 valence electrons. The molecule has 0 unspecified atom stereocenters. The van der Waals surface area contributed by atoms with E-state index in [9.17, 15) is 14.4 Å². The number of fused-ring (bicyclic) bond motifs is 1. The Labute approximate surface area is 161 Å². The van der Waals surface area contributed by atoms with Crippen LogP contribution in [-0.4, -0.2) is 11.9 Å². The van der Waals surface area contributed by atoms with E-state index in [0.717, 1.165) is 11.1 Å². The van der Waals surface area contributed by atoms with Crippen molar-refractivity contribution < 1.29 is 18.7 Å². The number of ether oxygens (including phenoxy) is 1. The van der Waals surface area contributed by atoms with Crippen molar-refractivity contribution in [3.8, 4) is 5.75 Å². The second-order valence-electron chi connectivity index (χ2n) is 6.46. The Morgan fingerprint density at radius 3 is 2.54 bits per heavy atom. The largest absolute Gasteiger partial charge is 0.423 e. The van der Waals surface area contributed by atoms with Gasteiger partial charge in [-0.25, -0.2) is 9.59 Å². The maximum absolute atomic E-state index is 12.4. The standard InChI is InChI=1S/C22H19NO5/c1-14(2)10-20(24)27-17-9-8-16-11-18(22(26)28-19(16)12-17)21(25)23-13-15-6-4-3-5-7-15/h3-12H,13H2,1-2H3,(H,23,25). The molecule has 3 rings (SSSR count). The van der Waals surface area contributed by atoms with Crippen molar-refractivity contribution in [1.29, 1.82) is 0 Å². The molecule has 0 radical (unpaired) electrons. The normalized spacial score (nSPS) is 10.4. The third kappa shape index (κ3) is 4.73. The molecule has 28 heavy (non-hydrogen) atoms. The van der Waals surface area contributed by atoms with Crippen LogP contribution in [0.2, 0.25) is 0 Å². The van der Waals surface area contributed by atoms with E-state index in [-0.39, 0.29) is 16.9 Å². The van der Waals surface area contributed by atoms with Gasteiger partial charge in [-0.1, -0.05) is 35.9 Å². The molecule has 0 fully saturated rings. The summed E-state index contributed by atoms with van der Waals surface area (Å²) in [5.74, 6) is -0.781. The van der Waals surface area contributed by atoms with E-state index in [1.54, 1.807) is 26.0 Å². The number of carbonyl (C=O) groups is 2. The molecule has 0 saturated heterocycles. The minimum Gasteiger partial charge on any atom is -0.423 e. The zero-order chi connectivity index (χ0) is 20.1. The molecule has 1 heterocycles. The first-order chi connectivity index (χ1) is 13.4. The first-order valence-electron chi connectivity index (χ1n) is 8.69. The molecule has 0 aliphatic rings. The van der Waals surface area contributed by atoms with Gasteiger partial charge >= 0.3 is 11.6 Å². The summed E-state index contributed by atoms with van der Waals surface area (Å²) in [7, 11) is 0. The maximum atomic E-state index is 12.4. The van der Waals surface area contributed by atoms with Gasteiger partial charge in [0.25, 0.3) is 5.91 Å². The summed E-state index contributed by atoms with van der Waals surface area (Å²) in [5.41, 5.74) is 1.11. The summed E-state index contributed by atoms with van der Waals surface area (Å²) in [5, 5.41) is 3.25. The minimum atomic E-state index is -0.758. The van der Waals surface area contributed by atoms with Crippen LogP contribution in [0.15, 0.2) is 75.5 Å². The van der Waals surface area contributed by atoms with Crippen LogP contribution in [0.3, 0.4) is 0 Å². The number of hydrogen-bond donors (Lipinski definition) is 1. The summed E-state index contributed by atoms with van der Waals surface area (Å²) in [6, 6.07) is 15.5. The quantitative estimate of drug-likeness (QED) is 0.318. The highest BCUT2D eigenvalue weighted by molar-refractivity contribution is 5.96. The Kier molecular flexibility index (Phi) is 5.69. The van der Waals surface area contributed by atoms with Crippen molar-refractivity contribution in [3.05, 3.63) is 87.8 Å². The van der Waals surface area contributed by atoms with E-state index >= 15 is 0 Å². The van der Waals surface area contributed by atoms with Gasteiger partial charge in [0, 0.05) is 24.1 Å². The molecule has 1 N–H and O–H groups in total. The molecule has 3 aromatic rings. The zero-order valence-corrected chi connectivity index (χ0v) is 15.5. The van der Waals surface area contributed by atoms with E-state index in [0.29, 0.717) is 11.9 Å². The van der Waals surface area contributed by atoms with Crippen LogP contribution >= 0.6 is 0 Å². The Morgan fingerprint density at radius 2 is 1.82 bits per heavy atom. The molecule has 0 atom stereocenters. The van der Waals surface area contributed by atoms with Gasteiger partial charge in [-0.05, 0) is 37.6 Å². The lowest BCUT2D eigenvalue weighted by atomic mass is 10.1. The molecular formula is C22H19NO5. The van der Waals surface area contributed by atoms with E-state index in [2.05, 4.69) is 5.32 Å². The van der Waals surface area contributed by atoms with Crippen LogP contribution in [0, 0.1) is 0 Å². The van der Waals surface area contributed by atoms with E-state index in [4.69, 9.17) is 9.15 Å². The summed E-state index contributed by atoms with van der Waals surface area (Å²) in [4.78, 5) is 36.3. The van der Waals surface area contributed by atoms with Crippen molar-refractivity contribution in [2.75, 3.05) is 0 Å². The van der Waals surface area contributed by atoms with Gasteiger partial charge in [0.2, 0.25) is 0 Å². The Hall–Kier alpha value is -3.67. The van der Waals surface area contributed by atoms with Gasteiger partial charge in [0.15, 0.2) is 0 Å². The lowest BCUT2D eigenvalue weighted by Gasteiger charge is -2.06. The highest BCUT2D eigenvalue weighted by atomic mass is 16.5. The average molecular weight is 377 g/mol. The molecule has 1 amide bonds. The SMILES string of the molecule is CC(C)=CC(=O)Oc1ccc2cc(C(=O)NCc3ccccc3)c(=O)oc2c1. The molecule has 6 nitrogen and oxygen atoms in total. The summed E-state index contributed by atoms with van der Waals surface area (Å²) >= 11 is 0. The van der Waals surface area contributed by atoms with Crippen LogP contribution in [0.1, 0.15) is 29.8 Å². The van der Waals surface area contributed by atoms with Gasteiger partial charge in [0.1, 0.15) is 16.9 Å². The number of rotatable bonds is 5. The van der Waals surface area contributed by atoms with Crippen LogP contribution in [0.4, 0.5) is 0 Å². The summed E-state index contributed by atoms with van der Waals surface area (Å²) in [6.45, 7) is 3.87. The first-order valence-corrected chi connectivity index (χ1v) is 8.69. The number of hydrogen-bond acceptors (Lipinski definition) is 5. The molecule has 6 heteroatoms. The lowest BCUT2D eigenvalue weighted by Crippen LogP contribution is -2.27. The van der Waals surface area contributed by atoms with Gasteiger partial charge in [-0.15, -0.1) is 0 Å². The predicted octanol–water partition coefficient (Wildman–Crippen LogP) is 3.59. The smallest absolute Gasteiger partial charge is 0.349 e. The Bertz CT molecular complexity index is 1110. The van der Waals surface area contributed by atoms with Crippen LogP contribution in [0.5, 0.6) is 5.75 Å². The fraction of sp³-hybridized carbons (Fsp3) is 0.136. The molecule has 0 bridgehead atoms. The van der Waals surface area contributed by atoms with Crippen molar-refractivity contribution in [2.24, 2.45) is 0 Å². The second-order valence-corrected chi connectivity index (χ2v) is 6.46. The molecule has 0 aliphatic heterocycles. The van der Waals surface area contributed by atoms with Gasteiger partial charge in [0.05, 0.1) is 0 Å². The highest BCUT2D eigenvalue weighted by Gasteiger charge is 2.14. The number of nitrogens with one attached hydrogen (secondary N) is 1. The molecular weight excluding hydrogens is 358 g/mol. The monoisotopic (exact) mass is 377 g/mol. The zero-order valence-electron chi connectivity index (χ0n) is 15.5. The third-order valence-electron chi connectivity index (χ3n) is 3.87. The van der Waals surface area contributed by atoms with Crippen molar-refractivity contribution in [1.82, 2.24) is 5.32 Å². The van der Waals surface area contributed by atoms with Crippen LogP contribution < -0.4 is 15.7 Å². The van der Waals surface area contributed by atoms with E-state index in [1.807, 2.05) is 30.3 Å². The third-order valence-corrected chi connectivity index (χ3v) is 3.87. The van der Waals surface area contributed by atoms with Gasteiger partial charge < -0.3 is 14.5 Å². The highest BCUT2D eigenvalue weighted by Crippen LogP contribution is 2.21. The Balaban J connectivity index is 1.80. The fourth-order valence-electron chi connectivity index (χ4n) is 2.57. The average Bonchev–Trinajstić information content (AvgIpc) is 2.65. The topological polar surface area (TPSA) is 85.6 Å². The van der Waals surface area contributed by atoms with Crippen molar-refractivity contribution in [3.63, 3.8) is 0 Å².